The molecule has 8 heteroatoms. The third-order valence-electron chi connectivity index (χ3n) is 6.05. The van der Waals surface area contributed by atoms with Crippen LogP contribution in [0.15, 0.2) is 47.7 Å². The Hall–Kier alpha value is -3.26. The molecular formula is C25H31N5O3. The van der Waals surface area contributed by atoms with E-state index < -0.39 is 0 Å². The predicted octanol–water partition coefficient (Wildman–Crippen LogP) is 3.22. The monoisotopic (exact) mass is 449 g/mol. The lowest BCUT2D eigenvalue weighted by atomic mass is 9.80. The van der Waals surface area contributed by atoms with Gasteiger partial charge in [-0.3, -0.25) is 14.6 Å². The molecule has 1 aliphatic heterocycles. The highest BCUT2D eigenvalue weighted by Gasteiger charge is 2.31. The SMILES string of the molecule is COC1CC(c2cccc(C3=CCC(NC(=O)CNC(=O)c4ccn(C(C)(C)C)c4)=N3)n2)C1. The third-order valence-corrected chi connectivity index (χ3v) is 6.05. The van der Waals surface area contributed by atoms with Gasteiger partial charge in [0.2, 0.25) is 5.91 Å². The Morgan fingerprint density at radius 2 is 2.00 bits per heavy atom. The summed E-state index contributed by atoms with van der Waals surface area (Å²) in [4.78, 5) is 34.0. The van der Waals surface area contributed by atoms with E-state index in [2.05, 4.69) is 36.4 Å². The molecular weight excluding hydrogens is 418 g/mol. The maximum Gasteiger partial charge on any atom is 0.253 e. The summed E-state index contributed by atoms with van der Waals surface area (Å²) < 4.78 is 7.33. The lowest BCUT2D eigenvalue weighted by molar-refractivity contribution is -0.118. The molecule has 4 rings (SSSR count). The van der Waals surface area contributed by atoms with Gasteiger partial charge in [0, 0.05) is 43.1 Å². The lowest BCUT2D eigenvalue weighted by Gasteiger charge is -2.33. The molecule has 174 valence electrons. The molecule has 1 fully saturated rings. The van der Waals surface area contributed by atoms with Crippen molar-refractivity contribution in [1.29, 1.82) is 0 Å². The second-order valence-electron chi connectivity index (χ2n) is 9.53. The topological polar surface area (TPSA) is 97.6 Å². The number of nitrogens with one attached hydrogen (secondary N) is 2. The Morgan fingerprint density at radius 3 is 2.70 bits per heavy atom. The van der Waals surface area contributed by atoms with Gasteiger partial charge in [0.25, 0.3) is 5.91 Å². The predicted molar refractivity (Wildman–Crippen MR) is 127 cm³/mol. The molecule has 0 bridgehead atoms. The largest absolute Gasteiger partial charge is 0.381 e. The highest BCUT2D eigenvalue weighted by atomic mass is 16.5. The van der Waals surface area contributed by atoms with Crippen molar-refractivity contribution in [1.82, 2.24) is 20.2 Å². The first-order valence-electron chi connectivity index (χ1n) is 11.3. The van der Waals surface area contributed by atoms with Crippen LogP contribution in [0.25, 0.3) is 5.70 Å². The van der Waals surface area contributed by atoms with Crippen LogP contribution in [0, 0.1) is 0 Å². The van der Waals surface area contributed by atoms with E-state index in [1.807, 2.05) is 35.0 Å². The smallest absolute Gasteiger partial charge is 0.253 e. The molecule has 3 heterocycles. The molecule has 0 aromatic carbocycles. The number of aromatic nitrogens is 2. The number of carbonyl (C=O) groups is 2. The molecule has 8 nitrogen and oxygen atoms in total. The molecule has 0 saturated heterocycles. The zero-order valence-corrected chi connectivity index (χ0v) is 19.6. The van der Waals surface area contributed by atoms with Crippen LogP contribution >= 0.6 is 0 Å². The van der Waals surface area contributed by atoms with Crippen LogP contribution in [0.3, 0.4) is 0 Å². The standard InChI is InChI=1S/C25H31N5O3/c1-25(2,3)30-11-10-16(15-30)24(32)26-14-23(31)29-22-9-8-21(28-22)20-7-5-6-19(27-20)17-12-18(13-17)33-4/h5-8,10-11,15,17-18H,9,12-14H2,1-4H3,(H,26,32)(H,28,29,31). The lowest BCUT2D eigenvalue weighted by Crippen LogP contribution is -2.39. The van der Waals surface area contributed by atoms with Gasteiger partial charge in [-0.1, -0.05) is 6.07 Å². The van der Waals surface area contributed by atoms with Crippen molar-refractivity contribution in [3.63, 3.8) is 0 Å². The van der Waals surface area contributed by atoms with E-state index in [9.17, 15) is 9.59 Å². The van der Waals surface area contributed by atoms with Gasteiger partial charge in [0.1, 0.15) is 5.84 Å². The Kier molecular flexibility index (Phi) is 6.47. The van der Waals surface area contributed by atoms with Crippen LogP contribution in [-0.2, 0) is 15.1 Å². The number of methoxy groups -OCH3 is 1. The number of amidine groups is 1. The maximum absolute atomic E-state index is 12.4. The first-order valence-corrected chi connectivity index (χ1v) is 11.3. The summed E-state index contributed by atoms with van der Waals surface area (Å²) in [7, 11) is 1.74. The van der Waals surface area contributed by atoms with Crippen molar-refractivity contribution in [3.05, 3.63) is 59.7 Å². The average Bonchev–Trinajstić information content (AvgIpc) is 3.41. The number of nitrogens with zero attached hydrogens (tertiary/aromatic N) is 3. The number of aliphatic imine (C=N–C) groups is 1. The van der Waals surface area contributed by atoms with Gasteiger partial charge in [0.05, 0.1) is 29.6 Å². The van der Waals surface area contributed by atoms with Gasteiger partial charge in [-0.05, 0) is 57.9 Å². The number of pyridine rings is 1. The Labute approximate surface area is 194 Å². The normalized spacial score (nSPS) is 20.0. The highest BCUT2D eigenvalue weighted by Crippen LogP contribution is 2.38. The summed E-state index contributed by atoms with van der Waals surface area (Å²) in [5, 5.41) is 5.45. The summed E-state index contributed by atoms with van der Waals surface area (Å²) in [6, 6.07) is 7.71. The Balaban J connectivity index is 1.29. The van der Waals surface area contributed by atoms with Crippen molar-refractivity contribution in [2.24, 2.45) is 4.99 Å². The van der Waals surface area contributed by atoms with Gasteiger partial charge in [-0.25, -0.2) is 4.99 Å². The van der Waals surface area contributed by atoms with E-state index in [0.717, 1.165) is 29.9 Å². The minimum Gasteiger partial charge on any atom is -0.381 e. The molecule has 0 spiro atoms. The molecule has 0 radical (unpaired) electrons. The molecule has 2 amide bonds. The van der Waals surface area contributed by atoms with Crippen LogP contribution in [-0.4, -0.2) is 47.0 Å². The van der Waals surface area contributed by atoms with Crippen molar-refractivity contribution < 1.29 is 14.3 Å². The number of carbonyl (C=O) groups excluding carboxylic acids is 2. The summed E-state index contributed by atoms with van der Waals surface area (Å²) >= 11 is 0. The van der Waals surface area contributed by atoms with Gasteiger partial charge in [-0.15, -0.1) is 0 Å². The number of hydrogen-bond donors (Lipinski definition) is 2. The fraction of sp³-hybridized carbons (Fsp3) is 0.440. The second-order valence-corrected chi connectivity index (χ2v) is 9.53. The molecule has 2 aliphatic rings. The van der Waals surface area contributed by atoms with Crippen molar-refractivity contribution in [2.75, 3.05) is 13.7 Å². The van der Waals surface area contributed by atoms with Crippen LogP contribution in [0.1, 0.15) is 67.7 Å². The van der Waals surface area contributed by atoms with Crippen molar-refractivity contribution >= 4 is 23.3 Å². The van der Waals surface area contributed by atoms with E-state index >= 15 is 0 Å². The maximum atomic E-state index is 12.4. The third kappa shape index (κ3) is 5.39. The van der Waals surface area contributed by atoms with Crippen LogP contribution in [0.2, 0.25) is 0 Å². The first kappa shape index (κ1) is 22.9. The first-order chi connectivity index (χ1) is 15.7. The van der Waals surface area contributed by atoms with Gasteiger partial charge in [-0.2, -0.15) is 0 Å². The van der Waals surface area contributed by atoms with Crippen molar-refractivity contribution in [2.45, 2.75) is 57.6 Å². The number of rotatable bonds is 6. The molecule has 0 unspecified atom stereocenters. The second kappa shape index (κ2) is 9.31. The van der Waals surface area contributed by atoms with Crippen LogP contribution < -0.4 is 10.6 Å². The summed E-state index contributed by atoms with van der Waals surface area (Å²) in [6.45, 7) is 6.05. The van der Waals surface area contributed by atoms with E-state index in [1.165, 1.54) is 0 Å². The average molecular weight is 450 g/mol. The molecule has 33 heavy (non-hydrogen) atoms. The molecule has 1 aliphatic carbocycles. The Morgan fingerprint density at radius 1 is 1.21 bits per heavy atom. The zero-order chi connectivity index (χ0) is 23.6. The molecule has 2 aromatic heterocycles. The summed E-state index contributed by atoms with van der Waals surface area (Å²) in [6.07, 6.45) is 8.42. The fourth-order valence-corrected chi connectivity index (χ4v) is 3.91. The quantitative estimate of drug-likeness (QED) is 0.708. The molecule has 2 aromatic rings. The minimum absolute atomic E-state index is 0.111. The number of hydrogen-bond acceptors (Lipinski definition) is 5. The summed E-state index contributed by atoms with van der Waals surface area (Å²) in [5.74, 6) is 0.379. The molecule has 0 atom stereocenters. The minimum atomic E-state index is -0.311. The van der Waals surface area contributed by atoms with Gasteiger partial charge < -0.3 is 19.9 Å². The molecule has 2 N–H and O–H groups in total. The highest BCUT2D eigenvalue weighted by molar-refractivity contribution is 6.05. The Bertz CT molecular complexity index is 1100. The zero-order valence-electron chi connectivity index (χ0n) is 19.6. The fourth-order valence-electron chi connectivity index (χ4n) is 3.91. The summed E-state index contributed by atoms with van der Waals surface area (Å²) in [5.41, 5.74) is 3.02. The number of amides is 2. The van der Waals surface area contributed by atoms with Gasteiger partial charge >= 0.3 is 0 Å². The number of ether oxygens (including phenoxy) is 1. The molecule has 1 saturated carbocycles. The van der Waals surface area contributed by atoms with E-state index in [1.54, 1.807) is 19.4 Å². The van der Waals surface area contributed by atoms with Crippen molar-refractivity contribution in [3.8, 4) is 0 Å². The van der Waals surface area contributed by atoms with E-state index in [-0.39, 0.29) is 23.9 Å². The van der Waals surface area contributed by atoms with E-state index in [0.29, 0.717) is 29.8 Å². The van der Waals surface area contributed by atoms with Crippen LogP contribution in [0.5, 0.6) is 0 Å². The van der Waals surface area contributed by atoms with Crippen LogP contribution in [0.4, 0.5) is 0 Å². The van der Waals surface area contributed by atoms with Gasteiger partial charge in [0.15, 0.2) is 0 Å². The van der Waals surface area contributed by atoms with E-state index in [4.69, 9.17) is 9.72 Å².